The second-order valence-electron chi connectivity index (χ2n) is 11.5. The Morgan fingerprint density at radius 2 is 1.89 bits per heavy atom. The quantitative estimate of drug-likeness (QED) is 0.470. The average Bonchev–Trinajstić information content (AvgIpc) is 3.53. The molecule has 0 aromatic carbocycles. The van der Waals surface area contributed by atoms with Gasteiger partial charge in [0.2, 0.25) is 0 Å². The molecule has 3 heteroatoms. The molecule has 5 saturated carbocycles. The zero-order valence-electron chi connectivity index (χ0n) is 16.6. The number of carbonyl (C=O) groups excluding carboxylic acids is 2. The SMILES string of the molecule is C[C@]12CCC(=O)CC1=C1C[C@@H]1C1C2CC[C@@]2(C)C1[C@@H]1C[C@@H]1[C@@]21CCC(=O)O1. The largest absolute Gasteiger partial charge is 0.458 e. The summed E-state index contributed by atoms with van der Waals surface area (Å²) in [5, 5.41) is 0. The van der Waals surface area contributed by atoms with Gasteiger partial charge in [-0.15, -0.1) is 0 Å². The zero-order chi connectivity index (χ0) is 18.3. The van der Waals surface area contributed by atoms with Gasteiger partial charge in [0.15, 0.2) is 0 Å². The number of ketones is 1. The van der Waals surface area contributed by atoms with Crippen molar-refractivity contribution in [2.45, 2.75) is 77.2 Å². The first-order valence-electron chi connectivity index (χ1n) is 11.3. The highest BCUT2D eigenvalue weighted by Gasteiger charge is 2.80. The van der Waals surface area contributed by atoms with E-state index in [0.29, 0.717) is 18.1 Å². The van der Waals surface area contributed by atoms with Crippen LogP contribution in [0.3, 0.4) is 0 Å². The van der Waals surface area contributed by atoms with Gasteiger partial charge in [0.1, 0.15) is 11.4 Å². The Labute approximate surface area is 161 Å². The van der Waals surface area contributed by atoms with Gasteiger partial charge in [-0.05, 0) is 73.5 Å². The Kier molecular flexibility index (Phi) is 2.56. The van der Waals surface area contributed by atoms with Gasteiger partial charge < -0.3 is 4.74 Å². The Morgan fingerprint density at radius 1 is 1.04 bits per heavy atom. The van der Waals surface area contributed by atoms with Crippen LogP contribution in [-0.4, -0.2) is 17.4 Å². The minimum absolute atomic E-state index is 0.0559. The van der Waals surface area contributed by atoms with Crippen molar-refractivity contribution in [2.75, 3.05) is 0 Å². The first-order valence-corrected chi connectivity index (χ1v) is 11.3. The highest BCUT2D eigenvalue weighted by Crippen LogP contribution is 2.81. The summed E-state index contributed by atoms with van der Waals surface area (Å²) in [4.78, 5) is 24.3. The third-order valence-electron chi connectivity index (χ3n) is 10.8. The van der Waals surface area contributed by atoms with Gasteiger partial charge in [0, 0.05) is 30.6 Å². The van der Waals surface area contributed by atoms with E-state index in [2.05, 4.69) is 13.8 Å². The Morgan fingerprint density at radius 3 is 2.67 bits per heavy atom. The van der Waals surface area contributed by atoms with Crippen LogP contribution in [0, 0.1) is 46.3 Å². The number of hydrogen-bond acceptors (Lipinski definition) is 3. The fourth-order valence-electron chi connectivity index (χ4n) is 9.66. The van der Waals surface area contributed by atoms with Crippen molar-refractivity contribution < 1.29 is 14.3 Å². The Hall–Kier alpha value is -1.12. The van der Waals surface area contributed by atoms with Crippen LogP contribution in [0.25, 0.3) is 0 Å². The van der Waals surface area contributed by atoms with E-state index >= 15 is 0 Å². The monoisotopic (exact) mass is 366 g/mol. The predicted octanol–water partition coefficient (Wildman–Crippen LogP) is 4.45. The number of esters is 1. The van der Waals surface area contributed by atoms with Crippen LogP contribution in [0.15, 0.2) is 11.1 Å². The third kappa shape index (κ3) is 1.58. The third-order valence-corrected chi connectivity index (χ3v) is 10.8. The number of fused-ring (bicyclic) bond motifs is 11. The van der Waals surface area contributed by atoms with Crippen molar-refractivity contribution in [2.24, 2.45) is 46.3 Å². The Balaban J connectivity index is 1.34. The standard InChI is InChI=1S/C24H30O3/c1-22-6-3-12(25)9-17(22)13-10-14(13)20-16(22)4-7-23(2)21(20)15-11-18(15)24(23)8-5-19(26)27-24/h14-16,18,20-21H,3-11H2,1-2H3/t14-,15+,16?,18-,20?,21?,22+,23-,24-/m0/s1. The molecule has 6 aliphatic carbocycles. The van der Waals surface area contributed by atoms with E-state index in [1.165, 1.54) is 25.7 Å². The van der Waals surface area contributed by atoms with Crippen molar-refractivity contribution in [1.29, 1.82) is 0 Å². The molecule has 0 N–H and O–H groups in total. The number of rotatable bonds is 0. The zero-order valence-corrected chi connectivity index (χ0v) is 16.6. The summed E-state index contributed by atoms with van der Waals surface area (Å²) in [5.41, 5.74) is 3.58. The molecule has 9 atom stereocenters. The highest BCUT2D eigenvalue weighted by molar-refractivity contribution is 5.83. The summed E-state index contributed by atoms with van der Waals surface area (Å²) >= 11 is 0. The topological polar surface area (TPSA) is 43.4 Å². The lowest BCUT2D eigenvalue weighted by molar-refractivity contribution is -0.176. The van der Waals surface area contributed by atoms with Crippen molar-refractivity contribution in [1.82, 2.24) is 0 Å². The van der Waals surface area contributed by atoms with Crippen LogP contribution in [0.1, 0.15) is 71.6 Å². The van der Waals surface area contributed by atoms with Crippen LogP contribution >= 0.6 is 0 Å². The van der Waals surface area contributed by atoms with Gasteiger partial charge in [-0.25, -0.2) is 0 Å². The maximum absolute atomic E-state index is 12.2. The number of Topliss-reactive ketones (excluding diaryl/α,β-unsaturated/α-hetero) is 1. The van der Waals surface area contributed by atoms with Gasteiger partial charge in [-0.1, -0.05) is 25.0 Å². The Bertz CT molecular complexity index is 841. The number of allylic oxidation sites excluding steroid dienone is 2. The van der Waals surface area contributed by atoms with Gasteiger partial charge in [0.05, 0.1) is 0 Å². The summed E-state index contributed by atoms with van der Waals surface area (Å²) in [6.45, 7) is 4.99. The van der Waals surface area contributed by atoms with E-state index < -0.39 is 0 Å². The lowest BCUT2D eigenvalue weighted by Gasteiger charge is -2.59. The molecule has 6 fully saturated rings. The van der Waals surface area contributed by atoms with E-state index in [9.17, 15) is 9.59 Å². The van der Waals surface area contributed by atoms with Crippen molar-refractivity contribution >= 4 is 11.8 Å². The molecule has 144 valence electrons. The molecule has 0 aromatic rings. The van der Waals surface area contributed by atoms with Crippen LogP contribution in [0.5, 0.6) is 0 Å². The van der Waals surface area contributed by atoms with Crippen LogP contribution < -0.4 is 0 Å². The molecule has 27 heavy (non-hydrogen) atoms. The molecular weight excluding hydrogens is 336 g/mol. The molecule has 1 heterocycles. The maximum Gasteiger partial charge on any atom is 0.306 e. The van der Waals surface area contributed by atoms with Crippen molar-refractivity contribution in [3.05, 3.63) is 11.1 Å². The fourth-order valence-corrected chi connectivity index (χ4v) is 9.66. The summed E-state index contributed by atoms with van der Waals surface area (Å²) in [5.74, 6) is 5.00. The molecule has 0 radical (unpaired) electrons. The second-order valence-corrected chi connectivity index (χ2v) is 11.5. The number of hydrogen-bond donors (Lipinski definition) is 0. The smallest absolute Gasteiger partial charge is 0.306 e. The lowest BCUT2D eigenvalue weighted by Crippen LogP contribution is -2.57. The predicted molar refractivity (Wildman–Crippen MR) is 99.6 cm³/mol. The van der Waals surface area contributed by atoms with Crippen molar-refractivity contribution in [3.63, 3.8) is 0 Å². The first-order chi connectivity index (χ1) is 12.9. The molecule has 0 amide bonds. The average molecular weight is 367 g/mol. The summed E-state index contributed by atoms with van der Waals surface area (Å²) in [7, 11) is 0. The molecule has 7 rings (SSSR count). The minimum Gasteiger partial charge on any atom is -0.458 e. The van der Waals surface area contributed by atoms with Crippen molar-refractivity contribution in [3.8, 4) is 0 Å². The number of carbonyl (C=O) groups is 2. The van der Waals surface area contributed by atoms with Gasteiger partial charge in [-0.3, -0.25) is 9.59 Å². The van der Waals surface area contributed by atoms with Crippen LogP contribution in [0.4, 0.5) is 0 Å². The molecule has 1 saturated heterocycles. The van der Waals surface area contributed by atoms with E-state index in [1.54, 1.807) is 11.1 Å². The summed E-state index contributed by atoms with van der Waals surface area (Å²) in [6.07, 6.45) is 9.28. The maximum atomic E-state index is 12.2. The molecule has 3 unspecified atom stereocenters. The summed E-state index contributed by atoms with van der Waals surface area (Å²) < 4.78 is 6.22. The minimum atomic E-state index is -0.132. The molecule has 1 spiro atoms. The first kappa shape index (κ1) is 15.8. The van der Waals surface area contributed by atoms with Gasteiger partial charge in [-0.2, -0.15) is 0 Å². The van der Waals surface area contributed by atoms with Crippen LogP contribution in [-0.2, 0) is 14.3 Å². The fraction of sp³-hybridized carbons (Fsp3) is 0.833. The molecule has 7 aliphatic rings. The second kappa shape index (κ2) is 4.39. The molecule has 0 aromatic heterocycles. The highest BCUT2D eigenvalue weighted by atomic mass is 16.6. The van der Waals surface area contributed by atoms with Gasteiger partial charge >= 0.3 is 5.97 Å². The summed E-state index contributed by atoms with van der Waals surface area (Å²) in [6, 6.07) is 0. The molecule has 3 nitrogen and oxygen atoms in total. The van der Waals surface area contributed by atoms with E-state index in [-0.39, 0.29) is 22.4 Å². The number of ether oxygens (including phenoxy) is 1. The van der Waals surface area contributed by atoms with Crippen LogP contribution in [0.2, 0.25) is 0 Å². The van der Waals surface area contributed by atoms with E-state index in [0.717, 1.165) is 55.3 Å². The van der Waals surface area contributed by atoms with E-state index in [4.69, 9.17) is 4.74 Å². The normalized spacial score (nSPS) is 59.6. The molecular formula is C24H30O3. The van der Waals surface area contributed by atoms with E-state index in [1.807, 2.05) is 0 Å². The molecule has 0 bridgehead atoms. The molecule has 1 aliphatic heterocycles. The van der Waals surface area contributed by atoms with Gasteiger partial charge in [0.25, 0.3) is 0 Å². The lowest BCUT2D eigenvalue weighted by atomic mass is 9.45.